The van der Waals surface area contributed by atoms with Gasteiger partial charge in [-0.15, -0.1) is 0 Å². The molecule has 7 rings (SSSR count). The maximum atomic E-state index is 14.9. The number of rotatable bonds is 11. The Kier molecular flexibility index (Phi) is 9.79. The van der Waals surface area contributed by atoms with Crippen molar-refractivity contribution in [2.75, 3.05) is 4.90 Å². The zero-order valence-electron chi connectivity index (χ0n) is 28.7. The van der Waals surface area contributed by atoms with Crippen molar-refractivity contribution in [3.63, 3.8) is 0 Å². The first-order chi connectivity index (χ1) is 24.4. The molecule has 5 aromatic rings. The third-order valence-corrected chi connectivity index (χ3v) is 10.8. The molecule has 3 unspecified atom stereocenters. The Morgan fingerprint density at radius 2 is 1.48 bits per heavy atom. The Labute approximate surface area is 294 Å². The zero-order valence-corrected chi connectivity index (χ0v) is 28.7. The molecule has 0 aromatic heterocycles. The smallest absolute Gasteiger partial charge is 0.254 e. The zero-order chi connectivity index (χ0) is 34.6. The van der Waals surface area contributed by atoms with Crippen molar-refractivity contribution in [3.05, 3.63) is 126 Å². The Morgan fingerprint density at radius 1 is 0.780 bits per heavy atom. The predicted octanol–water partition coefficient (Wildman–Crippen LogP) is 8.98. The van der Waals surface area contributed by atoms with Crippen molar-refractivity contribution in [1.29, 1.82) is 0 Å². The van der Waals surface area contributed by atoms with E-state index in [-0.39, 0.29) is 11.8 Å². The molecule has 1 aliphatic carbocycles. The first-order valence-electron chi connectivity index (χ1n) is 18.1. The fraction of sp³-hybridized carbons (Fsp3) is 0.295. The monoisotopic (exact) mass is 663 g/mol. The van der Waals surface area contributed by atoms with Gasteiger partial charge in [-0.3, -0.25) is 14.4 Å². The average Bonchev–Trinajstić information content (AvgIpc) is 3.64. The molecule has 0 bridgehead atoms. The molecule has 3 atom stereocenters. The number of fused-ring (bicyclic) bond motifs is 4. The number of anilines is 1. The fourth-order valence-corrected chi connectivity index (χ4v) is 8.20. The van der Waals surface area contributed by atoms with E-state index in [0.717, 1.165) is 71.2 Å². The molecule has 6 nitrogen and oxygen atoms in total. The number of nitrogens with two attached hydrogens (primary N) is 1. The van der Waals surface area contributed by atoms with Gasteiger partial charge < -0.3 is 16.0 Å². The van der Waals surface area contributed by atoms with Gasteiger partial charge in [-0.2, -0.15) is 0 Å². The number of para-hydroxylation sites is 1. The van der Waals surface area contributed by atoms with Gasteiger partial charge in [0.1, 0.15) is 6.04 Å². The molecule has 1 saturated carbocycles. The van der Waals surface area contributed by atoms with Gasteiger partial charge in [0.05, 0.1) is 12.2 Å². The summed E-state index contributed by atoms with van der Waals surface area (Å²) in [7, 11) is 0. The standard InChI is InChI=1S/C44H45N3O3/c1-2-12-38(42(45)48)39(26-29-13-3-4-14-29)43(49)46-41-37-21-8-7-19-35(37)36-20-9-10-22-40(36)47(44(41)50)28-30-15-11-18-32(25-30)34-24-23-31-16-5-6-17-33(31)27-34/h5-11,15-25,27,29,38-39,41H,2-4,12-14,26,28H2,1H3,(H2,45,48)(H,46,49). The molecule has 254 valence electrons. The molecular formula is C44H45N3O3. The Morgan fingerprint density at radius 3 is 2.26 bits per heavy atom. The van der Waals surface area contributed by atoms with Crippen molar-refractivity contribution in [2.45, 2.75) is 64.5 Å². The van der Waals surface area contributed by atoms with E-state index in [0.29, 0.717) is 25.3 Å². The van der Waals surface area contributed by atoms with Crippen LogP contribution in [-0.4, -0.2) is 17.7 Å². The van der Waals surface area contributed by atoms with Gasteiger partial charge in [-0.05, 0) is 75.5 Å². The summed E-state index contributed by atoms with van der Waals surface area (Å²) < 4.78 is 0. The van der Waals surface area contributed by atoms with Crippen molar-refractivity contribution in [1.82, 2.24) is 5.32 Å². The minimum atomic E-state index is -0.934. The quantitative estimate of drug-likeness (QED) is 0.148. The summed E-state index contributed by atoms with van der Waals surface area (Å²) in [6.45, 7) is 2.33. The van der Waals surface area contributed by atoms with Crippen LogP contribution in [0.25, 0.3) is 33.0 Å². The van der Waals surface area contributed by atoms with E-state index in [1.807, 2.05) is 84.6 Å². The van der Waals surface area contributed by atoms with Gasteiger partial charge in [0.25, 0.3) is 5.91 Å². The summed E-state index contributed by atoms with van der Waals surface area (Å²) in [6, 6.07) is 38.0. The lowest BCUT2D eigenvalue weighted by Crippen LogP contribution is -2.47. The lowest BCUT2D eigenvalue weighted by atomic mass is 9.80. The number of amides is 3. The second-order valence-corrected chi connectivity index (χ2v) is 14.0. The molecule has 5 aromatic carbocycles. The number of benzene rings is 5. The van der Waals surface area contributed by atoms with Crippen molar-refractivity contribution in [2.24, 2.45) is 23.5 Å². The van der Waals surface area contributed by atoms with Crippen LogP contribution in [0.2, 0.25) is 0 Å². The van der Waals surface area contributed by atoms with Crippen LogP contribution in [0.15, 0.2) is 115 Å². The van der Waals surface area contributed by atoms with Crippen molar-refractivity contribution >= 4 is 34.2 Å². The SMILES string of the molecule is CCCC(C(N)=O)C(CC1CCCC1)C(=O)NC1C(=O)N(Cc2cccc(-c3ccc4ccccc4c3)c2)c2ccccc2-c2ccccc21. The van der Waals surface area contributed by atoms with Gasteiger partial charge in [0.15, 0.2) is 0 Å². The van der Waals surface area contributed by atoms with Crippen LogP contribution in [-0.2, 0) is 20.9 Å². The molecule has 0 spiro atoms. The van der Waals surface area contributed by atoms with E-state index in [9.17, 15) is 14.4 Å². The Bertz CT molecular complexity index is 2030. The minimum absolute atomic E-state index is 0.211. The maximum absolute atomic E-state index is 14.9. The van der Waals surface area contributed by atoms with Gasteiger partial charge in [0, 0.05) is 17.4 Å². The van der Waals surface area contributed by atoms with Crippen molar-refractivity contribution < 1.29 is 14.4 Å². The molecule has 1 heterocycles. The number of primary amides is 1. The van der Waals surface area contributed by atoms with E-state index < -0.39 is 23.8 Å². The van der Waals surface area contributed by atoms with Crippen LogP contribution in [0.4, 0.5) is 5.69 Å². The normalized spacial score (nSPS) is 17.1. The molecule has 3 N–H and O–H groups in total. The predicted molar refractivity (Wildman–Crippen MR) is 201 cm³/mol. The first kappa shape index (κ1) is 33.3. The highest BCUT2D eigenvalue weighted by atomic mass is 16.2. The summed E-state index contributed by atoms with van der Waals surface area (Å²) in [5.41, 5.74) is 12.5. The highest BCUT2D eigenvalue weighted by Crippen LogP contribution is 2.42. The minimum Gasteiger partial charge on any atom is -0.369 e. The summed E-state index contributed by atoms with van der Waals surface area (Å²) in [5, 5.41) is 5.56. The lowest BCUT2D eigenvalue weighted by molar-refractivity contribution is -0.136. The van der Waals surface area contributed by atoms with Crippen LogP contribution in [0.3, 0.4) is 0 Å². The summed E-state index contributed by atoms with van der Waals surface area (Å²) in [6.07, 6.45) is 6.26. The molecule has 0 saturated heterocycles. The lowest BCUT2D eigenvalue weighted by Gasteiger charge is -2.30. The number of nitrogens with zero attached hydrogens (tertiary/aromatic N) is 1. The second kappa shape index (κ2) is 14.7. The number of nitrogens with one attached hydrogen (secondary N) is 1. The highest BCUT2D eigenvalue weighted by molar-refractivity contribution is 6.06. The summed E-state index contributed by atoms with van der Waals surface area (Å²) in [5.74, 6) is -1.73. The van der Waals surface area contributed by atoms with Crippen LogP contribution in [0.1, 0.15) is 69.0 Å². The van der Waals surface area contributed by atoms with Crippen molar-refractivity contribution in [3.8, 4) is 22.3 Å². The van der Waals surface area contributed by atoms with Gasteiger partial charge >= 0.3 is 0 Å². The number of carbonyl (C=O) groups is 3. The van der Waals surface area contributed by atoms with E-state index >= 15 is 0 Å². The van der Waals surface area contributed by atoms with E-state index in [1.165, 1.54) is 10.8 Å². The molecule has 1 aliphatic heterocycles. The van der Waals surface area contributed by atoms with Gasteiger partial charge in [-0.1, -0.05) is 136 Å². The molecular weight excluding hydrogens is 619 g/mol. The number of hydrogen-bond acceptors (Lipinski definition) is 3. The van der Waals surface area contributed by atoms with E-state index in [2.05, 4.69) is 47.8 Å². The van der Waals surface area contributed by atoms with Gasteiger partial charge in [0.2, 0.25) is 11.8 Å². The maximum Gasteiger partial charge on any atom is 0.254 e. The third-order valence-electron chi connectivity index (χ3n) is 10.8. The fourth-order valence-electron chi connectivity index (χ4n) is 8.20. The average molecular weight is 664 g/mol. The molecule has 1 fully saturated rings. The Hall–Kier alpha value is -5.23. The first-order valence-corrected chi connectivity index (χ1v) is 18.1. The third kappa shape index (κ3) is 6.80. The summed E-state index contributed by atoms with van der Waals surface area (Å²) >= 11 is 0. The molecule has 2 aliphatic rings. The van der Waals surface area contributed by atoms with Crippen LogP contribution in [0.5, 0.6) is 0 Å². The molecule has 6 heteroatoms. The van der Waals surface area contributed by atoms with E-state index in [4.69, 9.17) is 5.73 Å². The topological polar surface area (TPSA) is 92.5 Å². The van der Waals surface area contributed by atoms with Crippen LogP contribution < -0.4 is 16.0 Å². The van der Waals surface area contributed by atoms with Gasteiger partial charge in [-0.25, -0.2) is 0 Å². The summed E-state index contributed by atoms with van der Waals surface area (Å²) in [4.78, 5) is 44.0. The number of hydrogen-bond donors (Lipinski definition) is 2. The largest absolute Gasteiger partial charge is 0.369 e. The van der Waals surface area contributed by atoms with Crippen LogP contribution >= 0.6 is 0 Å². The Balaban J connectivity index is 1.25. The highest BCUT2D eigenvalue weighted by Gasteiger charge is 2.39. The molecule has 50 heavy (non-hydrogen) atoms. The van der Waals surface area contributed by atoms with E-state index in [1.54, 1.807) is 0 Å². The van der Waals surface area contributed by atoms with Crippen LogP contribution in [0, 0.1) is 17.8 Å². The second-order valence-electron chi connectivity index (χ2n) is 14.0. The number of carbonyl (C=O) groups excluding carboxylic acids is 3. The molecule has 3 amide bonds. The molecule has 0 radical (unpaired) electrons.